The van der Waals surface area contributed by atoms with Crippen molar-refractivity contribution >= 4 is 11.7 Å². The molecule has 28 heavy (non-hydrogen) atoms. The fourth-order valence-electron chi connectivity index (χ4n) is 3.19. The van der Waals surface area contributed by atoms with E-state index in [0.29, 0.717) is 17.7 Å². The Labute approximate surface area is 161 Å². The van der Waals surface area contributed by atoms with E-state index in [2.05, 4.69) is 15.7 Å². The molecule has 0 bridgehead atoms. The number of amides is 1. The maximum absolute atomic E-state index is 13.7. The highest BCUT2D eigenvalue weighted by molar-refractivity contribution is 5.99. The van der Waals surface area contributed by atoms with E-state index < -0.39 is 24.2 Å². The van der Waals surface area contributed by atoms with Crippen LogP contribution in [0, 0.1) is 0 Å². The van der Waals surface area contributed by atoms with Crippen LogP contribution in [0.1, 0.15) is 54.7 Å². The van der Waals surface area contributed by atoms with Crippen LogP contribution in [0.3, 0.4) is 0 Å². The molecule has 0 saturated carbocycles. The Morgan fingerprint density at radius 2 is 2.07 bits per heavy atom. The summed E-state index contributed by atoms with van der Waals surface area (Å²) >= 11 is 0. The number of nitrogens with one attached hydrogen (secondary N) is 2. The molecule has 0 aliphatic carbocycles. The van der Waals surface area contributed by atoms with Crippen LogP contribution in [0.5, 0.6) is 5.75 Å². The van der Waals surface area contributed by atoms with Crippen LogP contribution < -0.4 is 15.4 Å². The molecule has 1 aliphatic heterocycles. The first-order valence-corrected chi connectivity index (χ1v) is 9.10. The van der Waals surface area contributed by atoms with Crippen molar-refractivity contribution in [1.29, 1.82) is 0 Å². The van der Waals surface area contributed by atoms with Crippen LogP contribution in [0.25, 0.3) is 0 Å². The maximum Gasteiger partial charge on any atom is 0.410 e. The summed E-state index contributed by atoms with van der Waals surface area (Å²) in [4.78, 5) is 12.5. The van der Waals surface area contributed by atoms with Gasteiger partial charge in [-0.1, -0.05) is 19.1 Å². The molecule has 1 aromatic heterocycles. The Morgan fingerprint density at radius 1 is 1.39 bits per heavy atom. The number of ether oxygens (including phenoxy) is 1. The lowest BCUT2D eigenvalue weighted by atomic mass is 9.96. The number of fused-ring (bicyclic) bond motifs is 1. The molecule has 2 N–H and O–H groups in total. The summed E-state index contributed by atoms with van der Waals surface area (Å²) in [5.74, 6) is 0.250. The fourth-order valence-corrected chi connectivity index (χ4v) is 3.19. The number of carbonyl (C=O) groups excluding carboxylic acids is 1. The van der Waals surface area contributed by atoms with Gasteiger partial charge in [0.25, 0.3) is 5.91 Å². The van der Waals surface area contributed by atoms with E-state index in [1.807, 2.05) is 13.8 Å². The van der Waals surface area contributed by atoms with Gasteiger partial charge in [-0.2, -0.15) is 18.3 Å². The van der Waals surface area contributed by atoms with Gasteiger partial charge < -0.3 is 15.4 Å². The molecule has 3 atom stereocenters. The number of aromatic nitrogens is 2. The van der Waals surface area contributed by atoms with Crippen LogP contribution in [0.2, 0.25) is 0 Å². The van der Waals surface area contributed by atoms with E-state index in [-0.39, 0.29) is 23.8 Å². The summed E-state index contributed by atoms with van der Waals surface area (Å²) in [5, 5.41) is 9.72. The van der Waals surface area contributed by atoms with E-state index in [9.17, 15) is 18.0 Å². The molecule has 2 aromatic rings. The first-order valence-electron chi connectivity index (χ1n) is 9.10. The number of alkyl halides is 3. The summed E-state index contributed by atoms with van der Waals surface area (Å²) in [6.45, 7) is 3.75. The number of hydrogen-bond donors (Lipinski definition) is 2. The Hall–Kier alpha value is -2.71. The van der Waals surface area contributed by atoms with Crippen molar-refractivity contribution in [2.45, 2.75) is 51.0 Å². The van der Waals surface area contributed by atoms with Crippen molar-refractivity contribution in [3.8, 4) is 5.75 Å². The summed E-state index contributed by atoms with van der Waals surface area (Å²) in [6, 6.07) is 4.30. The zero-order valence-corrected chi connectivity index (χ0v) is 15.9. The van der Waals surface area contributed by atoms with Crippen LogP contribution >= 0.6 is 0 Å². The normalized spacial score (nSPS) is 20.1. The molecule has 1 aromatic carbocycles. The number of hydrogen-bond acceptors (Lipinski definition) is 4. The minimum absolute atomic E-state index is 0.0789. The van der Waals surface area contributed by atoms with Gasteiger partial charge in [-0.25, -0.2) is 4.68 Å². The van der Waals surface area contributed by atoms with Gasteiger partial charge in [-0.15, -0.1) is 0 Å². The highest BCUT2D eigenvalue weighted by Crippen LogP contribution is 2.44. The predicted molar refractivity (Wildman–Crippen MR) is 98.5 cm³/mol. The lowest BCUT2D eigenvalue weighted by Gasteiger charge is -2.34. The molecule has 152 valence electrons. The number of carbonyl (C=O) groups is 1. The smallest absolute Gasteiger partial charge is 0.410 e. The Kier molecular flexibility index (Phi) is 5.53. The molecule has 2 heterocycles. The van der Waals surface area contributed by atoms with Crippen molar-refractivity contribution in [3.05, 3.63) is 41.6 Å². The first-order chi connectivity index (χ1) is 13.2. The Balaban J connectivity index is 1.96. The number of benzene rings is 1. The Morgan fingerprint density at radius 3 is 2.64 bits per heavy atom. The summed E-state index contributed by atoms with van der Waals surface area (Å²) in [6.07, 6.45) is -2.81. The second kappa shape index (κ2) is 7.73. The molecule has 1 aliphatic rings. The zero-order chi connectivity index (χ0) is 20.5. The molecular formula is C19H23F3N4O2. The third kappa shape index (κ3) is 3.93. The lowest BCUT2D eigenvalue weighted by Crippen LogP contribution is -2.37. The van der Waals surface area contributed by atoms with Crippen molar-refractivity contribution in [1.82, 2.24) is 15.1 Å². The van der Waals surface area contributed by atoms with Gasteiger partial charge in [0.05, 0.1) is 19.3 Å². The van der Waals surface area contributed by atoms with E-state index >= 15 is 0 Å². The maximum atomic E-state index is 13.7. The summed E-state index contributed by atoms with van der Waals surface area (Å²) in [5.41, 5.74) is 0.781. The van der Waals surface area contributed by atoms with Gasteiger partial charge in [0, 0.05) is 12.5 Å². The molecular weight excluding hydrogens is 373 g/mol. The third-order valence-electron chi connectivity index (χ3n) is 4.99. The van der Waals surface area contributed by atoms with Gasteiger partial charge >= 0.3 is 6.18 Å². The average molecular weight is 396 g/mol. The SMILES string of the molecule is CC[C@H](C)NC(=O)c1cnn2c1N[C@H](c1ccc(OC)cc1)C[C@H]2C(F)(F)F. The molecule has 0 saturated heterocycles. The summed E-state index contributed by atoms with van der Waals surface area (Å²) in [7, 11) is 1.52. The Bertz CT molecular complexity index is 833. The van der Waals surface area contributed by atoms with Crippen molar-refractivity contribution in [2.24, 2.45) is 0 Å². The average Bonchev–Trinajstić information content (AvgIpc) is 3.10. The number of anilines is 1. The highest BCUT2D eigenvalue weighted by Gasteiger charge is 2.47. The molecule has 0 fully saturated rings. The quantitative estimate of drug-likeness (QED) is 0.799. The van der Waals surface area contributed by atoms with Crippen molar-refractivity contribution in [3.63, 3.8) is 0 Å². The molecule has 6 nitrogen and oxygen atoms in total. The fraction of sp³-hybridized carbons (Fsp3) is 0.474. The molecule has 0 spiro atoms. The van der Waals surface area contributed by atoms with Gasteiger partial charge in [0.2, 0.25) is 0 Å². The zero-order valence-electron chi connectivity index (χ0n) is 15.9. The topological polar surface area (TPSA) is 68.2 Å². The van der Waals surface area contributed by atoms with E-state index in [0.717, 1.165) is 4.68 Å². The van der Waals surface area contributed by atoms with Gasteiger partial charge in [0.1, 0.15) is 17.1 Å². The van der Waals surface area contributed by atoms with Gasteiger partial charge in [0.15, 0.2) is 6.04 Å². The van der Waals surface area contributed by atoms with E-state index in [1.54, 1.807) is 24.3 Å². The van der Waals surface area contributed by atoms with Gasteiger partial charge in [-0.3, -0.25) is 4.79 Å². The van der Waals surface area contributed by atoms with Crippen LogP contribution in [-0.4, -0.2) is 35.0 Å². The van der Waals surface area contributed by atoms with Crippen molar-refractivity contribution in [2.75, 3.05) is 12.4 Å². The second-order valence-corrected chi connectivity index (χ2v) is 6.90. The molecule has 0 radical (unpaired) electrons. The lowest BCUT2D eigenvalue weighted by molar-refractivity contribution is -0.173. The molecule has 0 unspecified atom stereocenters. The van der Waals surface area contributed by atoms with Crippen LogP contribution in [-0.2, 0) is 0 Å². The summed E-state index contributed by atoms with van der Waals surface area (Å²) < 4.78 is 47.1. The van der Waals surface area contributed by atoms with Crippen LogP contribution in [0.4, 0.5) is 19.0 Å². The molecule has 9 heteroatoms. The number of nitrogens with zero attached hydrogens (tertiary/aromatic N) is 2. The molecule has 3 rings (SSSR count). The standard InChI is InChI=1S/C19H23F3N4O2/c1-4-11(2)24-18(27)14-10-23-26-16(19(20,21)22)9-15(25-17(14)26)12-5-7-13(28-3)8-6-12/h5-8,10-11,15-16,25H,4,9H2,1-3H3,(H,24,27)/t11-,15-,16-/m0/s1. The largest absolute Gasteiger partial charge is 0.497 e. The minimum atomic E-state index is -4.49. The van der Waals surface area contributed by atoms with E-state index in [1.165, 1.54) is 13.3 Å². The first kappa shape index (κ1) is 20.0. The minimum Gasteiger partial charge on any atom is -0.497 e. The van der Waals surface area contributed by atoms with E-state index in [4.69, 9.17) is 4.74 Å². The molecule has 1 amide bonds. The van der Waals surface area contributed by atoms with Gasteiger partial charge in [-0.05, 0) is 31.0 Å². The number of halogens is 3. The van der Waals surface area contributed by atoms with Crippen molar-refractivity contribution < 1.29 is 22.7 Å². The predicted octanol–water partition coefficient (Wildman–Crippen LogP) is 4.08. The monoisotopic (exact) mass is 396 g/mol. The highest BCUT2D eigenvalue weighted by atomic mass is 19.4. The third-order valence-corrected chi connectivity index (χ3v) is 4.99. The second-order valence-electron chi connectivity index (χ2n) is 6.90. The number of methoxy groups -OCH3 is 1. The number of rotatable bonds is 5. The van der Waals surface area contributed by atoms with Crippen LogP contribution in [0.15, 0.2) is 30.5 Å².